The molecule has 5 heteroatoms. The van der Waals surface area contributed by atoms with Crippen molar-refractivity contribution in [2.75, 3.05) is 32.1 Å². The van der Waals surface area contributed by atoms with Gasteiger partial charge in [0.2, 0.25) is 5.91 Å². The van der Waals surface area contributed by atoms with E-state index in [0.29, 0.717) is 44.0 Å². The minimum Gasteiger partial charge on any atom is -0.491 e. The molecule has 1 aromatic carbocycles. The van der Waals surface area contributed by atoms with Gasteiger partial charge in [-0.15, -0.1) is 0 Å². The minimum atomic E-state index is 0.0539. The maximum Gasteiger partial charge on any atom is 0.220 e. The molecule has 3 N–H and O–H groups in total. The Kier molecular flexibility index (Phi) is 9.87. The molecule has 5 nitrogen and oxygen atoms in total. The van der Waals surface area contributed by atoms with Gasteiger partial charge >= 0.3 is 0 Å². The number of nitrogens with one attached hydrogen (secondary N) is 1. The Morgan fingerprint density at radius 3 is 2.68 bits per heavy atom. The van der Waals surface area contributed by atoms with Crippen LogP contribution in [0.5, 0.6) is 5.75 Å². The molecule has 1 amide bonds. The van der Waals surface area contributed by atoms with Crippen molar-refractivity contribution in [2.45, 2.75) is 39.0 Å². The highest BCUT2D eigenvalue weighted by atomic mass is 16.5. The molecule has 0 aliphatic rings. The lowest BCUT2D eigenvalue weighted by atomic mass is 10.3. The Morgan fingerprint density at radius 1 is 1.14 bits per heavy atom. The Bertz CT molecular complexity index is 424. The van der Waals surface area contributed by atoms with E-state index in [4.69, 9.17) is 15.2 Å². The monoisotopic (exact) mass is 308 g/mol. The highest BCUT2D eigenvalue weighted by molar-refractivity contribution is 5.75. The van der Waals surface area contributed by atoms with Gasteiger partial charge in [0.1, 0.15) is 5.75 Å². The SMILES string of the molecule is CCCCOCCCNC(=O)CCCOc1ccccc1N. The molecule has 124 valence electrons. The fourth-order valence-electron chi connectivity index (χ4n) is 1.87. The van der Waals surface area contributed by atoms with Gasteiger partial charge < -0.3 is 20.5 Å². The number of benzene rings is 1. The van der Waals surface area contributed by atoms with E-state index in [1.165, 1.54) is 0 Å². The van der Waals surface area contributed by atoms with E-state index in [9.17, 15) is 4.79 Å². The number of nitrogen functional groups attached to an aromatic ring is 1. The number of amides is 1. The third-order valence-electron chi connectivity index (χ3n) is 3.15. The maximum atomic E-state index is 11.6. The number of unbranched alkanes of at least 4 members (excludes halogenated alkanes) is 1. The van der Waals surface area contributed by atoms with Gasteiger partial charge in [-0.3, -0.25) is 4.79 Å². The summed E-state index contributed by atoms with van der Waals surface area (Å²) in [6.07, 6.45) is 4.23. The smallest absolute Gasteiger partial charge is 0.220 e. The van der Waals surface area contributed by atoms with Crippen molar-refractivity contribution in [1.82, 2.24) is 5.32 Å². The molecule has 0 atom stereocenters. The normalized spacial score (nSPS) is 10.4. The van der Waals surface area contributed by atoms with Crippen LogP contribution in [0.4, 0.5) is 5.69 Å². The van der Waals surface area contributed by atoms with Crippen LogP contribution in [-0.4, -0.2) is 32.3 Å². The molecule has 22 heavy (non-hydrogen) atoms. The van der Waals surface area contributed by atoms with Crippen LogP contribution in [0, 0.1) is 0 Å². The highest BCUT2D eigenvalue weighted by Crippen LogP contribution is 2.19. The summed E-state index contributed by atoms with van der Waals surface area (Å²) in [5.74, 6) is 0.727. The van der Waals surface area contributed by atoms with Crippen molar-refractivity contribution < 1.29 is 14.3 Å². The zero-order valence-electron chi connectivity index (χ0n) is 13.5. The molecule has 0 spiro atoms. The predicted molar refractivity (Wildman–Crippen MR) is 88.9 cm³/mol. The molecular formula is C17H28N2O3. The van der Waals surface area contributed by atoms with E-state index in [1.54, 1.807) is 6.07 Å². The van der Waals surface area contributed by atoms with Gasteiger partial charge in [-0.2, -0.15) is 0 Å². The number of hydrogen-bond acceptors (Lipinski definition) is 4. The first-order valence-electron chi connectivity index (χ1n) is 8.05. The van der Waals surface area contributed by atoms with Gasteiger partial charge in [0.15, 0.2) is 0 Å². The Hall–Kier alpha value is -1.75. The lowest BCUT2D eigenvalue weighted by Crippen LogP contribution is -2.25. The third-order valence-corrected chi connectivity index (χ3v) is 3.15. The molecule has 0 heterocycles. The molecule has 0 fully saturated rings. The number of rotatable bonds is 12. The minimum absolute atomic E-state index is 0.0539. The molecule has 0 aliphatic carbocycles. The molecule has 0 saturated carbocycles. The van der Waals surface area contributed by atoms with E-state index < -0.39 is 0 Å². The van der Waals surface area contributed by atoms with Gasteiger partial charge in [-0.1, -0.05) is 25.5 Å². The number of anilines is 1. The fourth-order valence-corrected chi connectivity index (χ4v) is 1.87. The zero-order chi connectivity index (χ0) is 16.0. The molecule has 0 radical (unpaired) electrons. The second kappa shape index (κ2) is 11.9. The van der Waals surface area contributed by atoms with Gasteiger partial charge in [-0.05, 0) is 31.4 Å². The Labute approximate surface area is 133 Å². The van der Waals surface area contributed by atoms with Crippen LogP contribution in [0.2, 0.25) is 0 Å². The summed E-state index contributed by atoms with van der Waals surface area (Å²) < 4.78 is 11.0. The van der Waals surface area contributed by atoms with Gasteiger partial charge in [0, 0.05) is 26.2 Å². The summed E-state index contributed by atoms with van der Waals surface area (Å²) in [7, 11) is 0. The molecule has 1 aromatic rings. The topological polar surface area (TPSA) is 73.6 Å². The van der Waals surface area contributed by atoms with E-state index in [0.717, 1.165) is 25.9 Å². The second-order valence-electron chi connectivity index (χ2n) is 5.16. The van der Waals surface area contributed by atoms with Gasteiger partial charge in [0.05, 0.1) is 12.3 Å². The van der Waals surface area contributed by atoms with Crippen molar-refractivity contribution in [2.24, 2.45) is 0 Å². The first kappa shape index (κ1) is 18.3. The van der Waals surface area contributed by atoms with Gasteiger partial charge in [-0.25, -0.2) is 0 Å². The van der Waals surface area contributed by atoms with Crippen molar-refractivity contribution >= 4 is 11.6 Å². The maximum absolute atomic E-state index is 11.6. The summed E-state index contributed by atoms with van der Waals surface area (Å²) >= 11 is 0. The second-order valence-corrected chi connectivity index (χ2v) is 5.16. The number of para-hydroxylation sites is 2. The quantitative estimate of drug-likeness (QED) is 0.460. The summed E-state index contributed by atoms with van der Waals surface area (Å²) in [6, 6.07) is 7.36. The van der Waals surface area contributed by atoms with E-state index in [-0.39, 0.29) is 5.91 Å². The fraction of sp³-hybridized carbons (Fsp3) is 0.588. The molecule has 0 bridgehead atoms. The lowest BCUT2D eigenvalue weighted by Gasteiger charge is -2.09. The lowest BCUT2D eigenvalue weighted by molar-refractivity contribution is -0.121. The van der Waals surface area contributed by atoms with Crippen molar-refractivity contribution in [3.63, 3.8) is 0 Å². The summed E-state index contributed by atoms with van der Waals surface area (Å²) in [4.78, 5) is 11.6. The highest BCUT2D eigenvalue weighted by Gasteiger charge is 2.02. The average molecular weight is 308 g/mol. The summed E-state index contributed by atoms with van der Waals surface area (Å²) in [5.41, 5.74) is 6.39. The number of hydrogen-bond donors (Lipinski definition) is 2. The van der Waals surface area contributed by atoms with E-state index in [1.807, 2.05) is 18.2 Å². The largest absolute Gasteiger partial charge is 0.491 e. The van der Waals surface area contributed by atoms with Crippen molar-refractivity contribution in [3.05, 3.63) is 24.3 Å². The number of carbonyl (C=O) groups is 1. The van der Waals surface area contributed by atoms with Crippen LogP contribution < -0.4 is 15.8 Å². The molecular weight excluding hydrogens is 280 g/mol. The van der Waals surface area contributed by atoms with E-state index >= 15 is 0 Å². The van der Waals surface area contributed by atoms with Crippen molar-refractivity contribution in [3.8, 4) is 5.75 Å². The van der Waals surface area contributed by atoms with Crippen LogP contribution in [0.1, 0.15) is 39.0 Å². The van der Waals surface area contributed by atoms with E-state index in [2.05, 4.69) is 12.2 Å². The Morgan fingerprint density at radius 2 is 1.91 bits per heavy atom. The third kappa shape index (κ3) is 8.52. The number of carbonyl (C=O) groups excluding carboxylic acids is 1. The molecule has 0 saturated heterocycles. The van der Waals surface area contributed by atoms with Crippen LogP contribution in [0.15, 0.2) is 24.3 Å². The van der Waals surface area contributed by atoms with Crippen LogP contribution in [0.3, 0.4) is 0 Å². The summed E-state index contributed by atoms with van der Waals surface area (Å²) in [6.45, 7) is 4.81. The Balaban J connectivity index is 1.96. The van der Waals surface area contributed by atoms with Crippen molar-refractivity contribution in [1.29, 1.82) is 0 Å². The first-order valence-corrected chi connectivity index (χ1v) is 8.05. The van der Waals surface area contributed by atoms with Crippen LogP contribution in [-0.2, 0) is 9.53 Å². The molecule has 0 unspecified atom stereocenters. The average Bonchev–Trinajstić information content (AvgIpc) is 2.52. The number of nitrogens with two attached hydrogens (primary N) is 1. The van der Waals surface area contributed by atoms with Crippen LogP contribution in [0.25, 0.3) is 0 Å². The predicted octanol–water partition coefficient (Wildman–Crippen LogP) is 2.75. The zero-order valence-corrected chi connectivity index (χ0v) is 13.5. The van der Waals surface area contributed by atoms with Gasteiger partial charge in [0.25, 0.3) is 0 Å². The van der Waals surface area contributed by atoms with Crippen LogP contribution >= 0.6 is 0 Å². The molecule has 0 aliphatic heterocycles. The first-order chi connectivity index (χ1) is 10.7. The standard InChI is InChI=1S/C17H28N2O3/c1-2-3-12-21-13-7-11-19-17(20)10-6-14-22-16-9-5-4-8-15(16)18/h4-5,8-9H,2-3,6-7,10-14,18H2,1H3,(H,19,20). The summed E-state index contributed by atoms with van der Waals surface area (Å²) in [5, 5.41) is 2.88. The molecule has 1 rings (SSSR count). The molecule has 0 aromatic heterocycles. The number of ether oxygens (including phenoxy) is 2.